The Morgan fingerprint density at radius 1 is 0.966 bits per heavy atom. The van der Waals surface area contributed by atoms with Crippen molar-refractivity contribution in [2.24, 2.45) is 17.8 Å². The molecule has 150 valence electrons. The van der Waals surface area contributed by atoms with Crippen molar-refractivity contribution in [1.82, 2.24) is 5.32 Å². The van der Waals surface area contributed by atoms with Crippen LogP contribution in [0.15, 0.2) is 48.5 Å². The van der Waals surface area contributed by atoms with Crippen LogP contribution in [0.4, 0.5) is 4.79 Å². The third-order valence-electron chi connectivity index (χ3n) is 7.93. The molecule has 0 saturated heterocycles. The van der Waals surface area contributed by atoms with Crippen molar-refractivity contribution in [3.63, 3.8) is 0 Å². The van der Waals surface area contributed by atoms with Crippen LogP contribution in [-0.2, 0) is 4.74 Å². The van der Waals surface area contributed by atoms with E-state index in [2.05, 4.69) is 53.8 Å². The highest BCUT2D eigenvalue weighted by atomic mass is 16.5. The highest BCUT2D eigenvalue weighted by Crippen LogP contribution is 2.55. The first kappa shape index (κ1) is 17.5. The number of aliphatic hydroxyl groups excluding tert-OH is 1. The molecule has 4 nitrogen and oxygen atoms in total. The zero-order valence-electron chi connectivity index (χ0n) is 16.5. The van der Waals surface area contributed by atoms with Gasteiger partial charge in [-0.05, 0) is 72.1 Å². The van der Waals surface area contributed by atoms with Gasteiger partial charge in [0.2, 0.25) is 0 Å². The van der Waals surface area contributed by atoms with Crippen LogP contribution >= 0.6 is 0 Å². The molecule has 0 aliphatic heterocycles. The normalized spacial score (nSPS) is 34.0. The van der Waals surface area contributed by atoms with E-state index in [1.807, 2.05) is 0 Å². The number of carbonyl (C=O) groups is 1. The molecule has 1 amide bonds. The van der Waals surface area contributed by atoms with Crippen LogP contribution in [0.3, 0.4) is 0 Å². The van der Waals surface area contributed by atoms with Gasteiger partial charge in [-0.2, -0.15) is 0 Å². The fraction of sp³-hybridized carbons (Fsp3) is 0.480. The maximum atomic E-state index is 12.8. The summed E-state index contributed by atoms with van der Waals surface area (Å²) in [5, 5.41) is 13.7. The van der Waals surface area contributed by atoms with E-state index in [0.29, 0.717) is 24.4 Å². The van der Waals surface area contributed by atoms with E-state index in [1.54, 1.807) is 0 Å². The van der Waals surface area contributed by atoms with Crippen molar-refractivity contribution in [1.29, 1.82) is 0 Å². The maximum absolute atomic E-state index is 12.8. The lowest BCUT2D eigenvalue weighted by Gasteiger charge is -2.58. The molecule has 5 aliphatic rings. The van der Waals surface area contributed by atoms with E-state index >= 15 is 0 Å². The van der Waals surface area contributed by atoms with Gasteiger partial charge in [0.15, 0.2) is 0 Å². The predicted molar refractivity (Wildman–Crippen MR) is 110 cm³/mol. The summed E-state index contributed by atoms with van der Waals surface area (Å²) in [6.45, 7) is 0.356. The zero-order chi connectivity index (χ0) is 19.6. The van der Waals surface area contributed by atoms with Crippen molar-refractivity contribution >= 4 is 6.09 Å². The second-order valence-corrected chi connectivity index (χ2v) is 9.69. The highest BCUT2D eigenvalue weighted by Gasteiger charge is 2.55. The predicted octanol–water partition coefficient (Wildman–Crippen LogP) is 4.46. The summed E-state index contributed by atoms with van der Waals surface area (Å²) >= 11 is 0. The number of hydrogen-bond donors (Lipinski definition) is 2. The number of amides is 1. The zero-order valence-corrected chi connectivity index (χ0v) is 16.5. The van der Waals surface area contributed by atoms with Crippen LogP contribution in [0, 0.1) is 17.8 Å². The second kappa shape index (κ2) is 6.33. The lowest BCUT2D eigenvalue weighted by molar-refractivity contribution is -0.110. The van der Waals surface area contributed by atoms with Gasteiger partial charge in [0.05, 0.1) is 6.10 Å². The number of rotatable bonds is 3. The van der Waals surface area contributed by atoms with E-state index in [-0.39, 0.29) is 23.7 Å². The number of fused-ring (bicyclic) bond motifs is 3. The molecule has 0 spiro atoms. The van der Waals surface area contributed by atoms with Crippen LogP contribution < -0.4 is 5.32 Å². The Labute approximate surface area is 171 Å². The number of hydrogen-bond acceptors (Lipinski definition) is 3. The number of ether oxygens (including phenoxy) is 1. The number of aliphatic hydroxyl groups is 1. The summed E-state index contributed by atoms with van der Waals surface area (Å²) in [7, 11) is 0. The van der Waals surface area contributed by atoms with Gasteiger partial charge in [-0.3, -0.25) is 0 Å². The van der Waals surface area contributed by atoms with E-state index < -0.39 is 0 Å². The first-order chi connectivity index (χ1) is 14.1. The standard InChI is InChI=1S/C25H27NO3/c27-23-16-9-15-10-17(23)13-25(11-15,12-16)26-24(28)29-14-22-20-7-3-1-5-18(20)19-6-2-4-8-21(19)22/h1-8,15-17,22-23,27H,9-14H2,(H,26,28). The number of carbonyl (C=O) groups excluding carboxylic acids is 1. The number of benzene rings is 2. The summed E-state index contributed by atoms with van der Waals surface area (Å²) in [6, 6.07) is 16.8. The molecule has 2 aromatic carbocycles. The van der Waals surface area contributed by atoms with Crippen LogP contribution in [0.2, 0.25) is 0 Å². The van der Waals surface area contributed by atoms with E-state index in [9.17, 15) is 9.90 Å². The van der Waals surface area contributed by atoms with Gasteiger partial charge in [-0.15, -0.1) is 0 Å². The van der Waals surface area contributed by atoms with Crippen molar-refractivity contribution in [2.45, 2.75) is 49.7 Å². The second-order valence-electron chi connectivity index (χ2n) is 9.69. The molecule has 2 aromatic rings. The molecule has 29 heavy (non-hydrogen) atoms. The van der Waals surface area contributed by atoms with Gasteiger partial charge in [0, 0.05) is 11.5 Å². The molecule has 0 aromatic heterocycles. The Kier molecular flexibility index (Phi) is 3.83. The monoisotopic (exact) mass is 389 g/mol. The highest BCUT2D eigenvalue weighted by molar-refractivity contribution is 5.79. The molecule has 4 heteroatoms. The third-order valence-corrected chi connectivity index (χ3v) is 7.93. The van der Waals surface area contributed by atoms with Crippen molar-refractivity contribution in [3.8, 4) is 11.1 Å². The molecule has 0 heterocycles. The molecule has 4 saturated carbocycles. The summed E-state index contributed by atoms with van der Waals surface area (Å²) in [5.74, 6) is 1.42. The van der Waals surface area contributed by atoms with Crippen molar-refractivity contribution in [3.05, 3.63) is 59.7 Å². The number of alkyl carbamates (subject to hydrolysis) is 1. The average Bonchev–Trinajstić information content (AvgIpc) is 3.03. The fourth-order valence-electron chi connectivity index (χ4n) is 7.00. The number of nitrogens with one attached hydrogen (secondary N) is 1. The van der Waals surface area contributed by atoms with Crippen LogP contribution in [0.1, 0.15) is 49.1 Å². The van der Waals surface area contributed by atoms with Gasteiger partial charge in [0.25, 0.3) is 0 Å². The fourth-order valence-corrected chi connectivity index (χ4v) is 7.00. The van der Waals surface area contributed by atoms with Crippen molar-refractivity contribution < 1.29 is 14.6 Å². The van der Waals surface area contributed by atoms with Gasteiger partial charge in [0.1, 0.15) is 6.61 Å². The topological polar surface area (TPSA) is 58.6 Å². The third kappa shape index (κ3) is 2.72. The molecule has 2 N–H and O–H groups in total. The Morgan fingerprint density at radius 2 is 1.55 bits per heavy atom. The summed E-state index contributed by atoms with van der Waals surface area (Å²) in [4.78, 5) is 12.8. The minimum absolute atomic E-state index is 0.0892. The molecule has 7 rings (SSSR count). The molecule has 4 fully saturated rings. The molecular formula is C25H27NO3. The van der Waals surface area contributed by atoms with Crippen LogP contribution in [-0.4, -0.2) is 29.4 Å². The van der Waals surface area contributed by atoms with Crippen LogP contribution in [0.5, 0.6) is 0 Å². The minimum atomic E-state index is -0.302. The minimum Gasteiger partial charge on any atom is -0.449 e. The largest absolute Gasteiger partial charge is 0.449 e. The lowest BCUT2D eigenvalue weighted by Crippen LogP contribution is -2.63. The van der Waals surface area contributed by atoms with E-state index in [1.165, 1.54) is 22.3 Å². The molecule has 5 aliphatic carbocycles. The van der Waals surface area contributed by atoms with Gasteiger partial charge in [-0.25, -0.2) is 4.79 Å². The molecular weight excluding hydrogens is 362 g/mol. The summed E-state index contributed by atoms with van der Waals surface area (Å²) in [6.07, 6.45) is 4.58. The Hall–Kier alpha value is -2.33. The van der Waals surface area contributed by atoms with Gasteiger partial charge < -0.3 is 15.2 Å². The molecule has 0 radical (unpaired) electrons. The Balaban J connectivity index is 1.17. The SMILES string of the molecule is O=C(NC12CC3CC(C1)C(O)C(C3)C2)OCC1c2ccccc2-c2ccccc21. The summed E-state index contributed by atoms with van der Waals surface area (Å²) in [5.41, 5.74) is 4.79. The van der Waals surface area contributed by atoms with Gasteiger partial charge in [-0.1, -0.05) is 48.5 Å². The summed E-state index contributed by atoms with van der Waals surface area (Å²) < 4.78 is 5.79. The quantitative estimate of drug-likeness (QED) is 0.815. The van der Waals surface area contributed by atoms with Gasteiger partial charge >= 0.3 is 6.09 Å². The Bertz CT molecular complexity index is 909. The van der Waals surface area contributed by atoms with E-state index in [0.717, 1.165) is 32.1 Å². The first-order valence-corrected chi connectivity index (χ1v) is 10.9. The Morgan fingerprint density at radius 3 is 2.17 bits per heavy atom. The average molecular weight is 389 g/mol. The molecule has 2 atom stereocenters. The molecule has 2 unspecified atom stereocenters. The first-order valence-electron chi connectivity index (χ1n) is 10.9. The lowest BCUT2D eigenvalue weighted by atomic mass is 9.52. The van der Waals surface area contributed by atoms with Crippen molar-refractivity contribution in [2.75, 3.05) is 6.61 Å². The van der Waals surface area contributed by atoms with Crippen LogP contribution in [0.25, 0.3) is 11.1 Å². The maximum Gasteiger partial charge on any atom is 0.407 e. The van der Waals surface area contributed by atoms with E-state index in [4.69, 9.17) is 4.74 Å². The smallest absolute Gasteiger partial charge is 0.407 e. The molecule has 4 bridgehead atoms.